The third-order valence-electron chi connectivity index (χ3n) is 2.79. The summed E-state index contributed by atoms with van der Waals surface area (Å²) in [5.41, 5.74) is 6.22. The Morgan fingerprint density at radius 3 is 2.86 bits per heavy atom. The van der Waals surface area contributed by atoms with E-state index in [2.05, 4.69) is 17.2 Å². The Morgan fingerprint density at radius 2 is 2.19 bits per heavy atom. The molecule has 0 aliphatic heterocycles. The molecule has 0 fully saturated rings. The van der Waals surface area contributed by atoms with E-state index in [-0.39, 0.29) is 12.5 Å². The van der Waals surface area contributed by atoms with E-state index in [0.717, 1.165) is 11.3 Å². The van der Waals surface area contributed by atoms with Crippen LogP contribution in [0.2, 0.25) is 0 Å². The van der Waals surface area contributed by atoms with Crippen molar-refractivity contribution < 1.29 is 9.18 Å². The number of nitrogens with two attached hydrogens (primary N) is 1. The fourth-order valence-electron chi connectivity index (χ4n) is 1.75. The lowest BCUT2D eigenvalue weighted by atomic mass is 10.1. The molecule has 0 saturated carbocycles. The van der Waals surface area contributed by atoms with E-state index in [1.165, 1.54) is 29.5 Å². The topological polar surface area (TPSA) is 55.1 Å². The smallest absolute Gasteiger partial charge is 0.265 e. The Hall–Kier alpha value is -2.16. The zero-order valence-corrected chi connectivity index (χ0v) is 12.4. The molecule has 1 aromatic heterocycles. The first-order valence-electron chi connectivity index (χ1n) is 6.52. The van der Waals surface area contributed by atoms with Crippen LogP contribution < -0.4 is 11.1 Å². The highest BCUT2D eigenvalue weighted by molar-refractivity contribution is 7.14. The number of benzene rings is 1. The lowest BCUT2D eigenvalue weighted by Crippen LogP contribution is -2.11. The number of nitrogens with one attached hydrogen (secondary N) is 1. The van der Waals surface area contributed by atoms with Gasteiger partial charge in [-0.1, -0.05) is 18.8 Å². The van der Waals surface area contributed by atoms with Crippen LogP contribution in [0, 0.1) is 17.7 Å². The van der Waals surface area contributed by atoms with E-state index in [9.17, 15) is 9.18 Å². The number of hydrogen-bond donors (Lipinski definition) is 2. The number of carbonyl (C=O) groups is 1. The van der Waals surface area contributed by atoms with E-state index in [0.29, 0.717) is 16.1 Å². The fraction of sp³-hybridized carbons (Fsp3) is 0.188. The van der Waals surface area contributed by atoms with Gasteiger partial charge in [0.2, 0.25) is 0 Å². The molecular weight excluding hydrogens is 287 g/mol. The van der Waals surface area contributed by atoms with Gasteiger partial charge in [-0.25, -0.2) is 4.39 Å². The molecule has 0 aliphatic carbocycles. The second kappa shape index (κ2) is 7.02. The molecule has 0 unspecified atom stereocenters. The molecule has 1 amide bonds. The lowest BCUT2D eigenvalue weighted by molar-refractivity contribution is 0.103. The predicted molar refractivity (Wildman–Crippen MR) is 84.0 cm³/mol. The maximum atomic E-state index is 13.3. The third kappa shape index (κ3) is 3.91. The van der Waals surface area contributed by atoms with Crippen LogP contribution >= 0.6 is 11.3 Å². The first-order chi connectivity index (χ1) is 10.1. The SMILES string of the molecule is CCc1ccc(C(=O)Nc2ccc(F)cc2C#CCN)s1. The van der Waals surface area contributed by atoms with Gasteiger partial charge in [-0.05, 0) is 36.8 Å². The summed E-state index contributed by atoms with van der Waals surface area (Å²) < 4.78 is 13.3. The number of rotatable bonds is 3. The first kappa shape index (κ1) is 15.2. The van der Waals surface area contributed by atoms with Crippen LogP contribution in [0.3, 0.4) is 0 Å². The summed E-state index contributed by atoms with van der Waals surface area (Å²) in [5.74, 6) is 4.80. The molecule has 0 spiro atoms. The van der Waals surface area contributed by atoms with Crippen molar-refractivity contribution in [3.8, 4) is 11.8 Å². The number of carbonyl (C=O) groups excluding carboxylic acids is 1. The van der Waals surface area contributed by atoms with Crippen molar-refractivity contribution in [2.75, 3.05) is 11.9 Å². The second-order valence-corrected chi connectivity index (χ2v) is 5.44. The Kier molecular flexibility index (Phi) is 5.09. The maximum absolute atomic E-state index is 13.3. The van der Waals surface area contributed by atoms with Crippen LogP contribution in [-0.4, -0.2) is 12.5 Å². The van der Waals surface area contributed by atoms with Crippen molar-refractivity contribution in [3.63, 3.8) is 0 Å². The summed E-state index contributed by atoms with van der Waals surface area (Å²) in [6.45, 7) is 2.21. The molecule has 3 N–H and O–H groups in total. The predicted octanol–water partition coefficient (Wildman–Crippen LogP) is 3.01. The molecule has 2 rings (SSSR count). The fourth-order valence-corrected chi connectivity index (χ4v) is 2.59. The highest BCUT2D eigenvalue weighted by atomic mass is 32.1. The third-order valence-corrected chi connectivity index (χ3v) is 4.02. The Bertz CT molecular complexity index is 713. The molecule has 1 heterocycles. The molecule has 0 radical (unpaired) electrons. The van der Waals surface area contributed by atoms with Gasteiger partial charge in [-0.2, -0.15) is 0 Å². The molecule has 0 aliphatic rings. The van der Waals surface area contributed by atoms with Crippen molar-refractivity contribution in [1.29, 1.82) is 0 Å². The minimum Gasteiger partial charge on any atom is -0.320 e. The molecule has 108 valence electrons. The van der Waals surface area contributed by atoms with Crippen LogP contribution in [0.4, 0.5) is 10.1 Å². The molecule has 3 nitrogen and oxygen atoms in total. The van der Waals surface area contributed by atoms with E-state index >= 15 is 0 Å². The van der Waals surface area contributed by atoms with E-state index < -0.39 is 5.82 Å². The van der Waals surface area contributed by atoms with Gasteiger partial charge in [0.1, 0.15) is 5.82 Å². The van der Waals surface area contributed by atoms with Crippen molar-refractivity contribution in [2.45, 2.75) is 13.3 Å². The van der Waals surface area contributed by atoms with Gasteiger partial charge in [-0.3, -0.25) is 4.79 Å². The number of aryl methyl sites for hydroxylation is 1. The molecule has 0 atom stereocenters. The minimum atomic E-state index is -0.404. The van der Waals surface area contributed by atoms with Gasteiger partial charge in [0.05, 0.1) is 22.7 Å². The summed E-state index contributed by atoms with van der Waals surface area (Å²) in [6.07, 6.45) is 0.891. The molecule has 0 saturated heterocycles. The van der Waals surface area contributed by atoms with E-state index in [1.54, 1.807) is 6.07 Å². The number of halogens is 1. The van der Waals surface area contributed by atoms with Crippen molar-refractivity contribution in [1.82, 2.24) is 0 Å². The average Bonchev–Trinajstić information content (AvgIpc) is 2.96. The summed E-state index contributed by atoms with van der Waals surface area (Å²) in [6, 6.07) is 7.79. The number of amides is 1. The quantitative estimate of drug-likeness (QED) is 0.856. The molecule has 21 heavy (non-hydrogen) atoms. The van der Waals surface area contributed by atoms with Gasteiger partial charge in [0.25, 0.3) is 5.91 Å². The van der Waals surface area contributed by atoms with E-state index in [1.807, 2.05) is 13.0 Å². The summed E-state index contributed by atoms with van der Waals surface area (Å²) in [7, 11) is 0. The van der Waals surface area contributed by atoms with Gasteiger partial charge < -0.3 is 11.1 Å². The monoisotopic (exact) mass is 302 g/mol. The molecule has 5 heteroatoms. The van der Waals surface area contributed by atoms with Crippen LogP contribution in [0.25, 0.3) is 0 Å². The highest BCUT2D eigenvalue weighted by Crippen LogP contribution is 2.21. The van der Waals surface area contributed by atoms with Crippen molar-refractivity contribution >= 4 is 22.9 Å². The van der Waals surface area contributed by atoms with E-state index in [4.69, 9.17) is 5.73 Å². The Balaban J connectivity index is 2.24. The molecule has 2 aromatic rings. The van der Waals surface area contributed by atoms with Crippen molar-refractivity contribution in [2.24, 2.45) is 5.73 Å². The second-order valence-electron chi connectivity index (χ2n) is 4.27. The standard InChI is InChI=1S/C16H15FN2OS/c1-2-13-6-8-15(21-13)16(20)19-14-7-5-12(17)10-11(14)4-3-9-18/h5-8,10H,2,9,18H2,1H3,(H,19,20). The molecule has 0 bridgehead atoms. The highest BCUT2D eigenvalue weighted by Gasteiger charge is 2.11. The zero-order chi connectivity index (χ0) is 15.2. The van der Waals surface area contributed by atoms with Crippen molar-refractivity contribution in [3.05, 3.63) is 51.5 Å². The largest absolute Gasteiger partial charge is 0.320 e. The number of thiophene rings is 1. The number of hydrogen-bond acceptors (Lipinski definition) is 3. The Labute approximate surface area is 127 Å². The van der Waals surface area contributed by atoms with Gasteiger partial charge in [0, 0.05) is 4.88 Å². The van der Waals surface area contributed by atoms with Gasteiger partial charge >= 0.3 is 0 Å². The van der Waals surface area contributed by atoms with Gasteiger partial charge in [-0.15, -0.1) is 11.3 Å². The van der Waals surface area contributed by atoms with Crippen LogP contribution in [0.1, 0.15) is 27.0 Å². The van der Waals surface area contributed by atoms with Gasteiger partial charge in [0.15, 0.2) is 0 Å². The lowest BCUT2D eigenvalue weighted by Gasteiger charge is -2.06. The maximum Gasteiger partial charge on any atom is 0.265 e. The van der Waals surface area contributed by atoms with Crippen LogP contribution in [-0.2, 0) is 6.42 Å². The molecule has 1 aromatic carbocycles. The van der Waals surface area contributed by atoms with Crippen LogP contribution in [0.5, 0.6) is 0 Å². The summed E-state index contributed by atoms with van der Waals surface area (Å²) >= 11 is 1.44. The zero-order valence-electron chi connectivity index (χ0n) is 11.6. The Morgan fingerprint density at radius 1 is 1.38 bits per heavy atom. The summed E-state index contributed by atoms with van der Waals surface area (Å²) in [4.78, 5) is 13.9. The normalized spacial score (nSPS) is 9.86. The number of anilines is 1. The minimum absolute atomic E-state index is 0.175. The average molecular weight is 302 g/mol. The summed E-state index contributed by atoms with van der Waals surface area (Å²) in [5, 5.41) is 2.76. The molecular formula is C16H15FN2OS. The van der Waals surface area contributed by atoms with Crippen LogP contribution in [0.15, 0.2) is 30.3 Å². The first-order valence-corrected chi connectivity index (χ1v) is 7.34.